The average Bonchev–Trinajstić information content (AvgIpc) is 3.04. The minimum absolute atomic E-state index is 0.374. The van der Waals surface area contributed by atoms with E-state index >= 15 is 0 Å². The summed E-state index contributed by atoms with van der Waals surface area (Å²) in [5.74, 6) is 1.04. The Bertz CT molecular complexity index is 516. The molecule has 1 aromatic heterocycles. The highest BCUT2D eigenvalue weighted by Gasteiger charge is 2.21. The van der Waals surface area contributed by atoms with Crippen molar-refractivity contribution in [3.8, 4) is 0 Å². The second-order valence-corrected chi connectivity index (χ2v) is 8.64. The second-order valence-electron chi connectivity index (χ2n) is 6.10. The fourth-order valence-electron chi connectivity index (χ4n) is 2.87. The summed E-state index contributed by atoms with van der Waals surface area (Å²) >= 11 is 5.30. The molecule has 1 aromatic rings. The number of methoxy groups -OCH3 is 1. The maximum Gasteiger partial charge on any atom is 0.193 e. The molecule has 0 unspecified atom stereocenters. The molecule has 0 amide bonds. The van der Waals surface area contributed by atoms with Gasteiger partial charge in [0.05, 0.1) is 9.89 Å². The number of nitrogens with zero attached hydrogens (tertiary/aromatic N) is 2. The molecule has 1 aliphatic rings. The Morgan fingerprint density at radius 2 is 2.16 bits per heavy atom. The highest BCUT2D eigenvalue weighted by molar-refractivity contribution is 9.11. The van der Waals surface area contributed by atoms with Gasteiger partial charge in [-0.1, -0.05) is 0 Å². The van der Waals surface area contributed by atoms with Gasteiger partial charge >= 0.3 is 0 Å². The zero-order valence-corrected chi connectivity index (χ0v) is 17.7. The summed E-state index contributed by atoms with van der Waals surface area (Å²) in [5, 5.41) is 3.43. The molecule has 2 heterocycles. The molecule has 0 aromatic carbocycles. The van der Waals surface area contributed by atoms with E-state index in [-0.39, 0.29) is 0 Å². The fraction of sp³-hybridized carbons (Fsp3) is 0.722. The number of hydrogen-bond acceptors (Lipinski definition) is 4. The standard InChI is InChI=1S/C18H30BrN3O2S/c1-3-20-18(21-10-7-16-5-6-17(19)25-16)22-11-8-15(9-12-22)24-14-4-13-23-2/h5-6,15H,3-4,7-14H2,1-2H3,(H,20,21). The Hall–Kier alpha value is -0.630. The normalized spacial score (nSPS) is 16.4. The molecule has 1 N–H and O–H groups in total. The van der Waals surface area contributed by atoms with Crippen molar-refractivity contribution in [3.63, 3.8) is 0 Å². The van der Waals surface area contributed by atoms with E-state index in [2.05, 4.69) is 45.2 Å². The smallest absolute Gasteiger partial charge is 0.193 e. The zero-order valence-electron chi connectivity index (χ0n) is 15.3. The summed E-state index contributed by atoms with van der Waals surface area (Å²) in [6.45, 7) is 7.42. The van der Waals surface area contributed by atoms with Gasteiger partial charge in [0.2, 0.25) is 0 Å². The molecular weight excluding hydrogens is 402 g/mol. The van der Waals surface area contributed by atoms with E-state index < -0.39 is 0 Å². The van der Waals surface area contributed by atoms with Gasteiger partial charge in [0.25, 0.3) is 0 Å². The van der Waals surface area contributed by atoms with E-state index in [1.54, 1.807) is 18.4 Å². The lowest BCUT2D eigenvalue weighted by atomic mass is 10.1. The lowest BCUT2D eigenvalue weighted by Gasteiger charge is -2.34. The molecule has 1 saturated heterocycles. The topological polar surface area (TPSA) is 46.1 Å². The first-order valence-corrected chi connectivity index (χ1v) is 10.7. The molecule has 2 rings (SSSR count). The van der Waals surface area contributed by atoms with Crippen LogP contribution in [0.4, 0.5) is 0 Å². The molecule has 0 bridgehead atoms. The van der Waals surface area contributed by atoms with Gasteiger partial charge in [-0.25, -0.2) is 0 Å². The molecule has 1 aliphatic heterocycles. The Kier molecular flexibility index (Phi) is 9.83. The van der Waals surface area contributed by atoms with Crippen LogP contribution in [0.3, 0.4) is 0 Å². The summed E-state index contributed by atoms with van der Waals surface area (Å²) in [4.78, 5) is 8.55. The quantitative estimate of drug-likeness (QED) is 0.369. The maximum atomic E-state index is 5.94. The predicted octanol–water partition coefficient (Wildman–Crippen LogP) is 3.54. The largest absolute Gasteiger partial charge is 0.385 e. The van der Waals surface area contributed by atoms with Crippen molar-refractivity contribution in [3.05, 3.63) is 20.8 Å². The molecular formula is C18H30BrN3O2S. The van der Waals surface area contributed by atoms with Crippen LogP contribution in [-0.2, 0) is 15.9 Å². The number of hydrogen-bond donors (Lipinski definition) is 1. The summed E-state index contributed by atoms with van der Waals surface area (Å²) < 4.78 is 12.2. The first-order valence-electron chi connectivity index (χ1n) is 9.11. The van der Waals surface area contributed by atoms with Crippen LogP contribution in [0.15, 0.2) is 20.9 Å². The van der Waals surface area contributed by atoms with E-state index in [1.165, 1.54) is 8.66 Å². The number of guanidine groups is 1. The highest BCUT2D eigenvalue weighted by atomic mass is 79.9. The van der Waals surface area contributed by atoms with Gasteiger partial charge in [-0.2, -0.15) is 0 Å². The number of rotatable bonds is 9. The molecule has 5 nitrogen and oxygen atoms in total. The Labute approximate surface area is 163 Å². The van der Waals surface area contributed by atoms with E-state index in [0.717, 1.165) is 71.0 Å². The van der Waals surface area contributed by atoms with Crippen LogP contribution in [0.25, 0.3) is 0 Å². The van der Waals surface area contributed by atoms with Crippen LogP contribution in [0.5, 0.6) is 0 Å². The van der Waals surface area contributed by atoms with Gasteiger partial charge in [0, 0.05) is 57.8 Å². The Morgan fingerprint density at radius 1 is 1.36 bits per heavy atom. The second kappa shape index (κ2) is 11.9. The molecule has 0 radical (unpaired) electrons. The van der Waals surface area contributed by atoms with E-state index in [0.29, 0.717) is 6.10 Å². The first-order chi connectivity index (χ1) is 12.2. The van der Waals surface area contributed by atoms with Crippen LogP contribution in [0.2, 0.25) is 0 Å². The van der Waals surface area contributed by atoms with Crippen molar-refractivity contribution >= 4 is 33.2 Å². The molecule has 0 aliphatic carbocycles. The Morgan fingerprint density at radius 3 is 2.80 bits per heavy atom. The number of piperidine rings is 1. The van der Waals surface area contributed by atoms with Gasteiger partial charge in [0.15, 0.2) is 5.96 Å². The number of halogens is 1. The fourth-order valence-corrected chi connectivity index (χ4v) is 4.34. The SMILES string of the molecule is CCNC(=NCCc1ccc(Br)s1)N1CCC(OCCCOC)CC1. The third kappa shape index (κ3) is 7.64. The summed E-state index contributed by atoms with van der Waals surface area (Å²) in [7, 11) is 1.73. The summed E-state index contributed by atoms with van der Waals surface area (Å²) in [5.41, 5.74) is 0. The number of ether oxygens (including phenoxy) is 2. The maximum absolute atomic E-state index is 5.94. The first kappa shape index (κ1) is 20.7. The van der Waals surface area contributed by atoms with Crippen molar-refractivity contribution in [1.29, 1.82) is 0 Å². The summed E-state index contributed by atoms with van der Waals surface area (Å²) in [6.07, 6.45) is 4.47. The van der Waals surface area contributed by atoms with Crippen LogP contribution in [0.1, 0.15) is 31.1 Å². The van der Waals surface area contributed by atoms with Gasteiger partial charge in [-0.05, 0) is 54.2 Å². The van der Waals surface area contributed by atoms with Crippen molar-refractivity contribution in [2.45, 2.75) is 38.7 Å². The number of aliphatic imine (C=N–C) groups is 1. The van der Waals surface area contributed by atoms with Crippen LogP contribution >= 0.6 is 27.3 Å². The molecule has 7 heteroatoms. The Balaban J connectivity index is 1.75. The van der Waals surface area contributed by atoms with Gasteiger partial charge in [-0.3, -0.25) is 4.99 Å². The predicted molar refractivity (Wildman–Crippen MR) is 109 cm³/mol. The van der Waals surface area contributed by atoms with Crippen LogP contribution in [0, 0.1) is 0 Å². The van der Waals surface area contributed by atoms with Gasteiger partial charge < -0.3 is 19.7 Å². The zero-order chi connectivity index (χ0) is 17.9. The number of likely N-dealkylation sites (tertiary alicyclic amines) is 1. The summed E-state index contributed by atoms with van der Waals surface area (Å²) in [6, 6.07) is 4.27. The lowest BCUT2D eigenvalue weighted by Crippen LogP contribution is -2.47. The van der Waals surface area contributed by atoms with Gasteiger partial charge in [-0.15, -0.1) is 11.3 Å². The van der Waals surface area contributed by atoms with Gasteiger partial charge in [0.1, 0.15) is 0 Å². The van der Waals surface area contributed by atoms with Crippen molar-refractivity contribution in [1.82, 2.24) is 10.2 Å². The third-order valence-electron chi connectivity index (χ3n) is 4.17. The van der Waals surface area contributed by atoms with E-state index in [1.807, 2.05) is 0 Å². The van der Waals surface area contributed by atoms with Crippen molar-refractivity contribution < 1.29 is 9.47 Å². The van der Waals surface area contributed by atoms with Crippen LogP contribution < -0.4 is 5.32 Å². The molecule has 0 saturated carbocycles. The minimum Gasteiger partial charge on any atom is -0.385 e. The van der Waals surface area contributed by atoms with Crippen LogP contribution in [-0.4, -0.2) is 63.5 Å². The minimum atomic E-state index is 0.374. The average molecular weight is 432 g/mol. The molecule has 0 spiro atoms. The highest BCUT2D eigenvalue weighted by Crippen LogP contribution is 2.22. The monoisotopic (exact) mass is 431 g/mol. The molecule has 25 heavy (non-hydrogen) atoms. The van der Waals surface area contributed by atoms with E-state index in [4.69, 9.17) is 14.5 Å². The number of thiophene rings is 1. The molecule has 0 atom stereocenters. The third-order valence-corrected chi connectivity index (χ3v) is 5.85. The van der Waals surface area contributed by atoms with E-state index in [9.17, 15) is 0 Å². The molecule has 1 fully saturated rings. The molecule has 142 valence electrons. The number of nitrogens with one attached hydrogen (secondary N) is 1. The van der Waals surface area contributed by atoms with Crippen molar-refractivity contribution in [2.24, 2.45) is 4.99 Å². The van der Waals surface area contributed by atoms with Crippen molar-refractivity contribution in [2.75, 3.05) is 46.5 Å². The lowest BCUT2D eigenvalue weighted by molar-refractivity contribution is 0.00991.